The largest absolute Gasteiger partial charge is 0.468 e. The number of aliphatic hydroxyl groups is 1. The Balaban J connectivity index is 1.88. The number of benzene rings is 2. The van der Waals surface area contributed by atoms with Crippen molar-refractivity contribution in [2.24, 2.45) is 7.05 Å². The number of ether oxygens (including phenoxy) is 3. The van der Waals surface area contributed by atoms with E-state index in [1.165, 1.54) is 7.11 Å². The second-order valence-electron chi connectivity index (χ2n) is 6.27. The van der Waals surface area contributed by atoms with Gasteiger partial charge < -0.3 is 23.9 Å². The van der Waals surface area contributed by atoms with Crippen molar-refractivity contribution >= 4 is 16.9 Å². The fourth-order valence-corrected chi connectivity index (χ4v) is 3.44. The Morgan fingerprint density at radius 2 is 2.04 bits per heavy atom. The van der Waals surface area contributed by atoms with Crippen molar-refractivity contribution in [1.82, 2.24) is 4.57 Å². The fraction of sp³-hybridized carbons (Fsp3) is 0.250. The average Bonchev–Trinajstić information content (AvgIpc) is 3.26. The summed E-state index contributed by atoms with van der Waals surface area (Å²) in [5, 5.41) is 10.3. The van der Waals surface area contributed by atoms with Crippen LogP contribution >= 0.6 is 0 Å². The van der Waals surface area contributed by atoms with Gasteiger partial charge in [0.15, 0.2) is 11.5 Å². The van der Waals surface area contributed by atoms with Crippen molar-refractivity contribution in [3.63, 3.8) is 0 Å². The topological polar surface area (TPSA) is 69.9 Å². The number of rotatable bonds is 4. The third-order valence-electron chi connectivity index (χ3n) is 4.75. The van der Waals surface area contributed by atoms with E-state index in [-0.39, 0.29) is 19.4 Å². The van der Waals surface area contributed by atoms with Crippen molar-refractivity contribution in [1.29, 1.82) is 0 Å². The van der Waals surface area contributed by atoms with Gasteiger partial charge in [0.05, 0.1) is 13.7 Å². The molecule has 1 N–H and O–H groups in total. The van der Waals surface area contributed by atoms with Gasteiger partial charge in [0.1, 0.15) is 5.92 Å². The molecule has 26 heavy (non-hydrogen) atoms. The quantitative estimate of drug-likeness (QED) is 0.731. The lowest BCUT2D eigenvalue weighted by Crippen LogP contribution is -2.15. The van der Waals surface area contributed by atoms with E-state index in [2.05, 4.69) is 0 Å². The highest BCUT2D eigenvalue weighted by atomic mass is 16.7. The number of aromatic nitrogens is 1. The molecule has 1 aliphatic rings. The molecule has 6 heteroatoms. The molecule has 0 bridgehead atoms. The van der Waals surface area contributed by atoms with Crippen LogP contribution in [0.1, 0.15) is 22.6 Å². The van der Waals surface area contributed by atoms with Crippen LogP contribution in [0.5, 0.6) is 11.5 Å². The van der Waals surface area contributed by atoms with E-state index in [1.54, 1.807) is 0 Å². The van der Waals surface area contributed by atoms with Gasteiger partial charge in [-0.05, 0) is 34.9 Å². The molecule has 4 rings (SSSR count). The molecule has 2 heterocycles. The summed E-state index contributed by atoms with van der Waals surface area (Å²) in [6.07, 6.45) is 1.93. The molecule has 3 aromatic rings. The standard InChI is InChI=1S/C20H19NO5/c1-21-9-15(14-5-3-12(10-22)7-16(14)21)19(20(23)24-2)13-4-6-17-18(8-13)26-11-25-17/h3-9,19,22H,10-11H2,1-2H3. The minimum absolute atomic E-state index is 0.0287. The highest BCUT2D eigenvalue weighted by Gasteiger charge is 2.29. The van der Waals surface area contributed by atoms with Crippen molar-refractivity contribution in [2.75, 3.05) is 13.9 Å². The average molecular weight is 353 g/mol. The summed E-state index contributed by atoms with van der Waals surface area (Å²) in [7, 11) is 3.30. The molecule has 0 aliphatic carbocycles. The molecule has 0 saturated heterocycles. The number of carbonyl (C=O) groups is 1. The number of nitrogens with zero attached hydrogens (tertiary/aromatic N) is 1. The zero-order chi connectivity index (χ0) is 18.3. The predicted molar refractivity (Wildman–Crippen MR) is 95.3 cm³/mol. The minimum atomic E-state index is -0.585. The second kappa shape index (κ2) is 6.38. The zero-order valence-electron chi connectivity index (χ0n) is 14.6. The lowest BCUT2D eigenvalue weighted by molar-refractivity contribution is -0.141. The predicted octanol–water partition coefficient (Wildman–Crippen LogP) is 2.70. The van der Waals surface area contributed by atoms with Gasteiger partial charge in [-0.25, -0.2) is 0 Å². The number of methoxy groups -OCH3 is 1. The molecule has 0 radical (unpaired) electrons. The van der Waals surface area contributed by atoms with Crippen LogP contribution in [0.3, 0.4) is 0 Å². The van der Waals surface area contributed by atoms with Crippen LogP contribution in [0.25, 0.3) is 10.9 Å². The van der Waals surface area contributed by atoms with E-state index >= 15 is 0 Å². The Hall–Kier alpha value is -2.99. The Bertz CT molecular complexity index is 991. The molecule has 2 aromatic carbocycles. The number of aliphatic hydroxyl groups excluding tert-OH is 1. The smallest absolute Gasteiger partial charge is 0.317 e. The third-order valence-corrected chi connectivity index (χ3v) is 4.75. The van der Waals surface area contributed by atoms with E-state index in [1.807, 2.05) is 54.2 Å². The first kappa shape index (κ1) is 16.5. The fourth-order valence-electron chi connectivity index (χ4n) is 3.44. The molecule has 0 amide bonds. The normalized spacial score (nSPS) is 13.8. The van der Waals surface area contributed by atoms with Gasteiger partial charge in [-0.3, -0.25) is 4.79 Å². The van der Waals surface area contributed by atoms with Crippen molar-refractivity contribution in [3.05, 3.63) is 59.3 Å². The molecule has 6 nitrogen and oxygen atoms in total. The Kier molecular flexibility index (Phi) is 4.05. The number of aryl methyl sites for hydroxylation is 1. The molecule has 1 aromatic heterocycles. The van der Waals surface area contributed by atoms with E-state index in [0.29, 0.717) is 11.5 Å². The van der Waals surface area contributed by atoms with Gasteiger partial charge in [-0.15, -0.1) is 0 Å². The Morgan fingerprint density at radius 1 is 1.23 bits per heavy atom. The maximum Gasteiger partial charge on any atom is 0.317 e. The first-order chi connectivity index (χ1) is 12.6. The molecule has 134 valence electrons. The lowest BCUT2D eigenvalue weighted by Gasteiger charge is -2.15. The van der Waals surface area contributed by atoms with Gasteiger partial charge in [-0.1, -0.05) is 18.2 Å². The number of fused-ring (bicyclic) bond motifs is 2. The number of esters is 1. The highest BCUT2D eigenvalue weighted by molar-refractivity contribution is 5.93. The van der Waals surface area contributed by atoms with Crippen molar-refractivity contribution in [2.45, 2.75) is 12.5 Å². The van der Waals surface area contributed by atoms with E-state index in [9.17, 15) is 9.90 Å². The van der Waals surface area contributed by atoms with Gasteiger partial charge in [-0.2, -0.15) is 0 Å². The van der Waals surface area contributed by atoms with E-state index in [0.717, 1.165) is 27.6 Å². The number of carbonyl (C=O) groups excluding carboxylic acids is 1. The Morgan fingerprint density at radius 3 is 2.81 bits per heavy atom. The summed E-state index contributed by atoms with van der Waals surface area (Å²) in [4.78, 5) is 12.6. The zero-order valence-corrected chi connectivity index (χ0v) is 14.6. The molecule has 1 atom stereocenters. The molecular formula is C20H19NO5. The molecule has 0 saturated carbocycles. The molecule has 0 fully saturated rings. The first-order valence-electron chi connectivity index (χ1n) is 8.28. The Labute approximate surface area is 150 Å². The van der Waals surface area contributed by atoms with Crippen LogP contribution < -0.4 is 9.47 Å². The summed E-state index contributed by atoms with van der Waals surface area (Å²) in [6, 6.07) is 11.2. The maximum atomic E-state index is 12.6. The maximum absolute atomic E-state index is 12.6. The van der Waals surface area contributed by atoms with Crippen molar-refractivity contribution in [3.8, 4) is 11.5 Å². The van der Waals surface area contributed by atoms with Crippen LogP contribution in [-0.2, 0) is 23.2 Å². The van der Waals surface area contributed by atoms with E-state index < -0.39 is 5.92 Å². The van der Waals surface area contributed by atoms with E-state index in [4.69, 9.17) is 14.2 Å². The molecule has 1 aliphatic heterocycles. The van der Waals surface area contributed by atoms with Crippen LogP contribution in [0.2, 0.25) is 0 Å². The summed E-state index contributed by atoms with van der Waals surface area (Å²) in [5.41, 5.74) is 3.39. The van der Waals surface area contributed by atoms with Crippen molar-refractivity contribution < 1.29 is 24.1 Å². The van der Waals surface area contributed by atoms with Gasteiger partial charge >= 0.3 is 5.97 Å². The monoisotopic (exact) mass is 353 g/mol. The SMILES string of the molecule is COC(=O)C(c1ccc2c(c1)OCO2)c1cn(C)c2cc(CO)ccc12. The summed E-state index contributed by atoms with van der Waals surface area (Å²) in [6.45, 7) is 0.152. The summed E-state index contributed by atoms with van der Waals surface area (Å²) in [5.74, 6) is 0.364. The van der Waals surface area contributed by atoms with Crippen LogP contribution in [0.15, 0.2) is 42.6 Å². The van der Waals surface area contributed by atoms with Gasteiger partial charge in [0, 0.05) is 24.1 Å². The molecule has 0 spiro atoms. The molecule has 1 unspecified atom stereocenters. The lowest BCUT2D eigenvalue weighted by atomic mass is 9.90. The highest BCUT2D eigenvalue weighted by Crippen LogP contribution is 2.39. The minimum Gasteiger partial charge on any atom is -0.468 e. The molecular weight excluding hydrogens is 334 g/mol. The van der Waals surface area contributed by atoms with Crippen LogP contribution in [0.4, 0.5) is 0 Å². The second-order valence-corrected chi connectivity index (χ2v) is 6.27. The summed E-state index contributed by atoms with van der Waals surface area (Å²) >= 11 is 0. The van der Waals surface area contributed by atoms with Crippen LogP contribution in [-0.4, -0.2) is 29.5 Å². The van der Waals surface area contributed by atoms with Gasteiger partial charge in [0.25, 0.3) is 0 Å². The first-order valence-corrected chi connectivity index (χ1v) is 8.28. The third kappa shape index (κ3) is 2.59. The van der Waals surface area contributed by atoms with Gasteiger partial charge in [0.2, 0.25) is 6.79 Å². The van der Waals surface area contributed by atoms with Crippen LogP contribution in [0, 0.1) is 0 Å². The summed E-state index contributed by atoms with van der Waals surface area (Å²) < 4.78 is 17.8. The number of hydrogen-bond donors (Lipinski definition) is 1. The number of hydrogen-bond acceptors (Lipinski definition) is 5.